The Morgan fingerprint density at radius 1 is 1.53 bits per heavy atom. The smallest absolute Gasteiger partial charge is 0.141 e. The second-order valence-electron chi connectivity index (χ2n) is 4.10. The zero-order valence-corrected chi connectivity index (χ0v) is 9.79. The average Bonchev–Trinajstić information content (AvgIpc) is 2.21. The number of aromatic nitrogens is 1. The van der Waals surface area contributed by atoms with Gasteiger partial charge in [0.1, 0.15) is 5.78 Å². The molecule has 0 saturated heterocycles. The molecular weight excluding hydrogens is 186 g/mol. The fourth-order valence-electron chi connectivity index (χ4n) is 1.64. The molecule has 0 radical (unpaired) electrons. The molecule has 0 spiro atoms. The van der Waals surface area contributed by atoms with Gasteiger partial charge >= 0.3 is 0 Å². The highest BCUT2D eigenvalue weighted by Gasteiger charge is 2.13. The van der Waals surface area contributed by atoms with Crippen molar-refractivity contribution in [2.75, 3.05) is 0 Å². The van der Waals surface area contributed by atoms with Crippen molar-refractivity contribution in [1.29, 1.82) is 0 Å². The molecule has 1 heterocycles. The number of nitrogens with zero attached hydrogens (tertiary/aromatic N) is 1. The molecular formula is C13H19NO. The first kappa shape index (κ1) is 11.9. The van der Waals surface area contributed by atoms with Gasteiger partial charge in [-0.25, -0.2) is 0 Å². The van der Waals surface area contributed by atoms with Crippen molar-refractivity contribution in [1.82, 2.24) is 4.98 Å². The molecule has 2 nitrogen and oxygen atoms in total. The molecule has 0 saturated carbocycles. The number of Topliss-reactive ketones (excluding diaryl/α,β-unsaturated/α-hetero) is 1. The van der Waals surface area contributed by atoms with Crippen LogP contribution in [0.3, 0.4) is 0 Å². The van der Waals surface area contributed by atoms with Gasteiger partial charge < -0.3 is 0 Å². The maximum Gasteiger partial charge on any atom is 0.141 e. The fourth-order valence-corrected chi connectivity index (χ4v) is 1.64. The first-order valence-corrected chi connectivity index (χ1v) is 5.58. The average molecular weight is 205 g/mol. The highest BCUT2D eigenvalue weighted by molar-refractivity contribution is 5.82. The van der Waals surface area contributed by atoms with Gasteiger partial charge in [0, 0.05) is 18.5 Å². The quantitative estimate of drug-likeness (QED) is 0.739. The van der Waals surface area contributed by atoms with E-state index in [1.807, 2.05) is 26.0 Å². The van der Waals surface area contributed by atoms with Crippen LogP contribution in [0, 0.1) is 12.8 Å². The standard InChI is InChI=1S/C13H19NO/c1-4-6-11(3)13(15)9-12-10(2)7-5-8-14-12/h5,7-8,11H,4,6,9H2,1-3H3. The summed E-state index contributed by atoms with van der Waals surface area (Å²) >= 11 is 0. The largest absolute Gasteiger partial charge is 0.299 e. The van der Waals surface area contributed by atoms with Crippen molar-refractivity contribution in [2.45, 2.75) is 40.0 Å². The zero-order chi connectivity index (χ0) is 11.3. The van der Waals surface area contributed by atoms with Crippen molar-refractivity contribution < 1.29 is 4.79 Å². The molecule has 1 rings (SSSR count). The summed E-state index contributed by atoms with van der Waals surface area (Å²) in [5.74, 6) is 0.468. The second kappa shape index (κ2) is 5.64. The number of carbonyl (C=O) groups excluding carboxylic acids is 1. The van der Waals surface area contributed by atoms with Crippen LogP contribution in [0.4, 0.5) is 0 Å². The molecule has 0 aliphatic rings. The SMILES string of the molecule is CCCC(C)C(=O)Cc1ncccc1C. The Balaban J connectivity index is 2.62. The van der Waals surface area contributed by atoms with Gasteiger partial charge in [0.25, 0.3) is 0 Å². The predicted molar refractivity (Wildman–Crippen MR) is 61.8 cm³/mol. The van der Waals surface area contributed by atoms with E-state index >= 15 is 0 Å². The molecule has 15 heavy (non-hydrogen) atoms. The molecule has 1 aromatic heterocycles. The number of hydrogen-bond donors (Lipinski definition) is 0. The van der Waals surface area contributed by atoms with E-state index in [1.165, 1.54) is 0 Å². The Labute approximate surface area is 91.7 Å². The molecule has 1 unspecified atom stereocenters. The lowest BCUT2D eigenvalue weighted by atomic mass is 9.96. The topological polar surface area (TPSA) is 30.0 Å². The van der Waals surface area contributed by atoms with Gasteiger partial charge in [-0.2, -0.15) is 0 Å². The summed E-state index contributed by atoms with van der Waals surface area (Å²) in [6.45, 7) is 6.11. The lowest BCUT2D eigenvalue weighted by Crippen LogP contribution is -2.14. The summed E-state index contributed by atoms with van der Waals surface area (Å²) in [5, 5.41) is 0. The van der Waals surface area contributed by atoms with Crippen LogP contribution in [0.1, 0.15) is 37.9 Å². The van der Waals surface area contributed by atoms with Gasteiger partial charge in [0.2, 0.25) is 0 Å². The predicted octanol–water partition coefficient (Wildman–Crippen LogP) is 2.94. The summed E-state index contributed by atoms with van der Waals surface area (Å²) in [6, 6.07) is 3.90. The number of rotatable bonds is 5. The molecule has 1 atom stereocenters. The maximum absolute atomic E-state index is 11.8. The Hall–Kier alpha value is -1.18. The van der Waals surface area contributed by atoms with Crippen molar-refractivity contribution in [3.8, 4) is 0 Å². The van der Waals surface area contributed by atoms with Crippen LogP contribution in [-0.2, 0) is 11.2 Å². The Bertz CT molecular complexity index is 333. The molecule has 0 aromatic carbocycles. The van der Waals surface area contributed by atoms with E-state index in [9.17, 15) is 4.79 Å². The normalized spacial score (nSPS) is 12.5. The summed E-state index contributed by atoms with van der Waals surface area (Å²) < 4.78 is 0. The van der Waals surface area contributed by atoms with Crippen LogP contribution < -0.4 is 0 Å². The third kappa shape index (κ3) is 3.46. The van der Waals surface area contributed by atoms with Crippen molar-refractivity contribution in [3.05, 3.63) is 29.6 Å². The third-order valence-corrected chi connectivity index (χ3v) is 2.73. The molecule has 82 valence electrons. The van der Waals surface area contributed by atoms with E-state index in [0.29, 0.717) is 12.2 Å². The first-order chi connectivity index (χ1) is 7.15. The van der Waals surface area contributed by atoms with Crippen LogP contribution in [0.25, 0.3) is 0 Å². The van der Waals surface area contributed by atoms with Crippen molar-refractivity contribution in [3.63, 3.8) is 0 Å². The van der Waals surface area contributed by atoms with Gasteiger partial charge in [-0.3, -0.25) is 9.78 Å². The van der Waals surface area contributed by atoms with E-state index < -0.39 is 0 Å². The number of hydrogen-bond acceptors (Lipinski definition) is 2. The first-order valence-electron chi connectivity index (χ1n) is 5.58. The van der Waals surface area contributed by atoms with Crippen LogP contribution in [0.5, 0.6) is 0 Å². The van der Waals surface area contributed by atoms with Crippen molar-refractivity contribution in [2.24, 2.45) is 5.92 Å². The van der Waals surface area contributed by atoms with Gasteiger partial charge in [-0.15, -0.1) is 0 Å². The summed E-state index contributed by atoms with van der Waals surface area (Å²) in [6.07, 6.45) is 4.27. The highest BCUT2D eigenvalue weighted by Crippen LogP contribution is 2.11. The molecule has 0 aliphatic heterocycles. The minimum Gasteiger partial charge on any atom is -0.299 e. The fraction of sp³-hybridized carbons (Fsp3) is 0.538. The monoisotopic (exact) mass is 205 g/mol. The second-order valence-corrected chi connectivity index (χ2v) is 4.10. The molecule has 0 bridgehead atoms. The molecule has 0 fully saturated rings. The van der Waals surface area contributed by atoms with Crippen LogP contribution >= 0.6 is 0 Å². The van der Waals surface area contributed by atoms with E-state index in [4.69, 9.17) is 0 Å². The Kier molecular flexibility index (Phi) is 4.47. The van der Waals surface area contributed by atoms with Gasteiger partial charge in [0.15, 0.2) is 0 Å². The highest BCUT2D eigenvalue weighted by atomic mass is 16.1. The van der Waals surface area contributed by atoms with E-state index in [-0.39, 0.29) is 5.92 Å². The zero-order valence-electron chi connectivity index (χ0n) is 9.79. The lowest BCUT2D eigenvalue weighted by Gasteiger charge is -2.09. The lowest BCUT2D eigenvalue weighted by molar-refractivity contribution is -0.122. The van der Waals surface area contributed by atoms with Crippen molar-refractivity contribution >= 4 is 5.78 Å². The van der Waals surface area contributed by atoms with Gasteiger partial charge in [-0.1, -0.05) is 26.3 Å². The maximum atomic E-state index is 11.8. The molecule has 2 heteroatoms. The number of aryl methyl sites for hydroxylation is 1. The van der Waals surface area contributed by atoms with Crippen LogP contribution in [0.2, 0.25) is 0 Å². The van der Waals surface area contributed by atoms with Crippen LogP contribution in [-0.4, -0.2) is 10.8 Å². The molecule has 0 amide bonds. The minimum atomic E-state index is 0.163. The summed E-state index contributed by atoms with van der Waals surface area (Å²) in [4.78, 5) is 16.1. The molecule has 0 aliphatic carbocycles. The molecule has 0 N–H and O–H groups in total. The summed E-state index contributed by atoms with van der Waals surface area (Å²) in [7, 11) is 0. The van der Waals surface area contributed by atoms with Gasteiger partial charge in [-0.05, 0) is 25.0 Å². The van der Waals surface area contributed by atoms with E-state index in [2.05, 4.69) is 11.9 Å². The molecule has 1 aromatic rings. The number of carbonyl (C=O) groups is 1. The Morgan fingerprint density at radius 2 is 2.27 bits per heavy atom. The van der Waals surface area contributed by atoms with Crippen LogP contribution in [0.15, 0.2) is 18.3 Å². The summed E-state index contributed by atoms with van der Waals surface area (Å²) in [5.41, 5.74) is 2.03. The minimum absolute atomic E-state index is 0.163. The van der Waals surface area contributed by atoms with E-state index in [0.717, 1.165) is 24.1 Å². The van der Waals surface area contributed by atoms with Gasteiger partial charge in [0.05, 0.1) is 5.69 Å². The third-order valence-electron chi connectivity index (χ3n) is 2.73. The number of pyridine rings is 1. The van der Waals surface area contributed by atoms with E-state index in [1.54, 1.807) is 6.20 Å². The Morgan fingerprint density at radius 3 is 2.87 bits per heavy atom. The number of ketones is 1.